The van der Waals surface area contributed by atoms with Crippen molar-refractivity contribution in [1.29, 1.82) is 0 Å². The first-order valence-corrected chi connectivity index (χ1v) is 2.24. The molecule has 2 N–H and O–H groups in total. The summed E-state index contributed by atoms with van der Waals surface area (Å²) in [5, 5.41) is 0. The summed E-state index contributed by atoms with van der Waals surface area (Å²) >= 11 is 0. The van der Waals surface area contributed by atoms with Crippen molar-refractivity contribution in [3.05, 3.63) is 0 Å². The molecule has 0 aromatic heterocycles. The molecular formula is C4H13ClN2O. The van der Waals surface area contributed by atoms with E-state index in [1.807, 2.05) is 19.0 Å². The van der Waals surface area contributed by atoms with Gasteiger partial charge in [0.05, 0.1) is 6.61 Å². The highest BCUT2D eigenvalue weighted by molar-refractivity contribution is 5.85. The lowest BCUT2D eigenvalue weighted by atomic mass is 10.6. The van der Waals surface area contributed by atoms with Crippen molar-refractivity contribution < 1.29 is 4.84 Å². The van der Waals surface area contributed by atoms with Crippen LogP contribution in [0.5, 0.6) is 0 Å². The van der Waals surface area contributed by atoms with Crippen molar-refractivity contribution in [2.75, 3.05) is 27.2 Å². The third kappa shape index (κ3) is 9.48. The molecule has 0 aliphatic rings. The third-order valence-corrected chi connectivity index (χ3v) is 0.656. The first kappa shape index (κ1) is 11.0. The molecule has 8 heavy (non-hydrogen) atoms. The molecule has 0 spiro atoms. The van der Waals surface area contributed by atoms with Crippen molar-refractivity contribution in [2.24, 2.45) is 5.90 Å². The Morgan fingerprint density at radius 3 is 2.12 bits per heavy atom. The molecular weight excluding hydrogens is 128 g/mol. The summed E-state index contributed by atoms with van der Waals surface area (Å²) in [6, 6.07) is 0. The van der Waals surface area contributed by atoms with E-state index in [1.165, 1.54) is 0 Å². The van der Waals surface area contributed by atoms with Gasteiger partial charge in [0.1, 0.15) is 0 Å². The van der Waals surface area contributed by atoms with Gasteiger partial charge < -0.3 is 9.74 Å². The number of nitrogens with two attached hydrogens (primary N) is 1. The summed E-state index contributed by atoms with van der Waals surface area (Å²) in [5.41, 5.74) is 0. The minimum Gasteiger partial charge on any atom is -0.307 e. The molecule has 3 nitrogen and oxygen atoms in total. The summed E-state index contributed by atoms with van der Waals surface area (Å²) in [4.78, 5) is 6.32. The van der Waals surface area contributed by atoms with E-state index in [0.717, 1.165) is 6.54 Å². The maximum absolute atomic E-state index is 4.75. The number of hydrogen-bond acceptors (Lipinski definition) is 3. The molecule has 0 saturated carbocycles. The fraction of sp³-hybridized carbons (Fsp3) is 1.00. The number of nitrogens with zero attached hydrogens (tertiary/aromatic N) is 1. The highest BCUT2D eigenvalue weighted by atomic mass is 35.5. The topological polar surface area (TPSA) is 38.5 Å². The van der Waals surface area contributed by atoms with Crippen LogP contribution in [-0.2, 0) is 4.84 Å². The summed E-state index contributed by atoms with van der Waals surface area (Å²) < 4.78 is 0. The van der Waals surface area contributed by atoms with Crippen molar-refractivity contribution in [3.63, 3.8) is 0 Å². The largest absolute Gasteiger partial charge is 0.307 e. The third-order valence-electron chi connectivity index (χ3n) is 0.656. The quantitative estimate of drug-likeness (QED) is 0.555. The Morgan fingerprint density at radius 2 is 2.00 bits per heavy atom. The lowest BCUT2D eigenvalue weighted by Crippen LogP contribution is -2.19. The Labute approximate surface area is 56.2 Å². The van der Waals surface area contributed by atoms with Gasteiger partial charge in [0, 0.05) is 6.54 Å². The molecule has 0 heterocycles. The van der Waals surface area contributed by atoms with E-state index in [-0.39, 0.29) is 12.4 Å². The van der Waals surface area contributed by atoms with Gasteiger partial charge in [-0.15, -0.1) is 12.4 Å². The van der Waals surface area contributed by atoms with Crippen LogP contribution in [0.15, 0.2) is 0 Å². The highest BCUT2D eigenvalue weighted by Crippen LogP contribution is 1.70. The first-order chi connectivity index (χ1) is 3.27. The zero-order chi connectivity index (χ0) is 5.70. The van der Waals surface area contributed by atoms with Crippen LogP contribution in [-0.4, -0.2) is 32.1 Å². The minimum absolute atomic E-state index is 0. The molecule has 0 aromatic carbocycles. The molecule has 0 fully saturated rings. The average Bonchev–Trinajstić information content (AvgIpc) is 1.61. The number of halogens is 1. The van der Waals surface area contributed by atoms with Crippen LogP contribution < -0.4 is 5.90 Å². The van der Waals surface area contributed by atoms with Crippen LogP contribution in [0.4, 0.5) is 0 Å². The predicted molar refractivity (Wildman–Crippen MR) is 35.9 cm³/mol. The molecule has 0 aromatic rings. The Kier molecular flexibility index (Phi) is 9.89. The summed E-state index contributed by atoms with van der Waals surface area (Å²) in [6.07, 6.45) is 0. The predicted octanol–water partition coefficient (Wildman–Crippen LogP) is -0.140. The molecule has 0 aliphatic heterocycles. The molecule has 0 rings (SSSR count). The van der Waals surface area contributed by atoms with Gasteiger partial charge >= 0.3 is 0 Å². The summed E-state index contributed by atoms with van der Waals surface area (Å²) in [7, 11) is 3.94. The molecule has 0 bridgehead atoms. The van der Waals surface area contributed by atoms with Crippen LogP contribution in [0, 0.1) is 0 Å². The van der Waals surface area contributed by atoms with Gasteiger partial charge in [-0.1, -0.05) is 0 Å². The maximum atomic E-state index is 4.75. The Morgan fingerprint density at radius 1 is 1.50 bits per heavy atom. The second-order valence-corrected chi connectivity index (χ2v) is 1.67. The molecule has 52 valence electrons. The normalized spacial score (nSPS) is 9.00. The van der Waals surface area contributed by atoms with E-state index >= 15 is 0 Å². The second-order valence-electron chi connectivity index (χ2n) is 1.67. The Bertz CT molecular complexity index is 43.0. The maximum Gasteiger partial charge on any atom is 0.0806 e. The molecule has 0 unspecified atom stereocenters. The van der Waals surface area contributed by atoms with Crippen LogP contribution >= 0.6 is 12.4 Å². The number of rotatable bonds is 3. The molecule has 0 atom stereocenters. The molecule has 4 heteroatoms. The van der Waals surface area contributed by atoms with Crippen LogP contribution in [0.1, 0.15) is 0 Å². The Balaban J connectivity index is 0. The summed E-state index contributed by atoms with van der Waals surface area (Å²) in [6.45, 7) is 1.49. The van der Waals surface area contributed by atoms with Gasteiger partial charge in [-0.3, -0.25) is 0 Å². The van der Waals surface area contributed by atoms with Crippen LogP contribution in [0.25, 0.3) is 0 Å². The van der Waals surface area contributed by atoms with E-state index in [9.17, 15) is 0 Å². The van der Waals surface area contributed by atoms with Crippen molar-refractivity contribution in [2.45, 2.75) is 0 Å². The van der Waals surface area contributed by atoms with Crippen molar-refractivity contribution >= 4 is 12.4 Å². The molecule has 0 aliphatic carbocycles. The van der Waals surface area contributed by atoms with Crippen molar-refractivity contribution in [1.82, 2.24) is 4.90 Å². The zero-order valence-electron chi connectivity index (χ0n) is 5.26. The number of likely N-dealkylation sites (N-methyl/N-ethyl adjacent to an activating group) is 1. The Hall–Kier alpha value is 0.170. The first-order valence-electron chi connectivity index (χ1n) is 2.24. The van der Waals surface area contributed by atoms with E-state index < -0.39 is 0 Å². The van der Waals surface area contributed by atoms with E-state index in [4.69, 9.17) is 5.90 Å². The van der Waals surface area contributed by atoms with Gasteiger partial charge in [-0.25, -0.2) is 5.90 Å². The van der Waals surface area contributed by atoms with Gasteiger partial charge in [0.25, 0.3) is 0 Å². The van der Waals surface area contributed by atoms with E-state index in [1.54, 1.807) is 0 Å². The average molecular weight is 141 g/mol. The zero-order valence-corrected chi connectivity index (χ0v) is 6.07. The lowest BCUT2D eigenvalue weighted by Gasteiger charge is -2.05. The van der Waals surface area contributed by atoms with Crippen LogP contribution in [0.2, 0.25) is 0 Å². The summed E-state index contributed by atoms with van der Waals surface area (Å²) in [5.74, 6) is 4.75. The molecule has 0 radical (unpaired) electrons. The van der Waals surface area contributed by atoms with Crippen molar-refractivity contribution in [3.8, 4) is 0 Å². The smallest absolute Gasteiger partial charge is 0.0806 e. The van der Waals surface area contributed by atoms with E-state index in [0.29, 0.717) is 6.61 Å². The monoisotopic (exact) mass is 140 g/mol. The SMILES string of the molecule is CN(C)CCON.Cl. The second kappa shape index (κ2) is 7.17. The van der Waals surface area contributed by atoms with E-state index in [2.05, 4.69) is 4.84 Å². The standard InChI is InChI=1S/C4H12N2O.ClH/c1-6(2)3-4-7-5;/h3-5H2,1-2H3;1H. The minimum atomic E-state index is 0. The van der Waals surface area contributed by atoms with Gasteiger partial charge in [0.15, 0.2) is 0 Å². The fourth-order valence-corrected chi connectivity index (χ4v) is 0.235. The fourth-order valence-electron chi connectivity index (χ4n) is 0.235. The highest BCUT2D eigenvalue weighted by Gasteiger charge is 1.84. The molecule has 0 amide bonds. The molecule has 0 saturated heterocycles. The van der Waals surface area contributed by atoms with Gasteiger partial charge in [-0.05, 0) is 14.1 Å². The van der Waals surface area contributed by atoms with Gasteiger partial charge in [0.2, 0.25) is 0 Å². The lowest BCUT2D eigenvalue weighted by molar-refractivity contribution is 0.120. The van der Waals surface area contributed by atoms with Crippen LogP contribution in [0.3, 0.4) is 0 Å². The van der Waals surface area contributed by atoms with Gasteiger partial charge in [-0.2, -0.15) is 0 Å². The number of hydrogen-bond donors (Lipinski definition) is 1.